The van der Waals surface area contributed by atoms with Crippen molar-refractivity contribution >= 4 is 23.1 Å². The monoisotopic (exact) mass is 286 g/mol. The van der Waals surface area contributed by atoms with Gasteiger partial charge in [0.2, 0.25) is 5.91 Å². The van der Waals surface area contributed by atoms with E-state index in [-0.39, 0.29) is 17.9 Å². The molecule has 0 aromatic carbocycles. The van der Waals surface area contributed by atoms with E-state index >= 15 is 0 Å². The molecule has 0 saturated carbocycles. The Morgan fingerprint density at radius 3 is 2.74 bits per heavy atom. The zero-order chi connectivity index (χ0) is 14.4. The van der Waals surface area contributed by atoms with Crippen LogP contribution in [-0.2, 0) is 9.53 Å². The van der Waals surface area contributed by atoms with E-state index in [1.54, 1.807) is 0 Å². The van der Waals surface area contributed by atoms with Gasteiger partial charge in [-0.15, -0.1) is 0 Å². The van der Waals surface area contributed by atoms with Gasteiger partial charge in [0.05, 0.1) is 17.0 Å². The van der Waals surface area contributed by atoms with Gasteiger partial charge in [-0.1, -0.05) is 33.0 Å². The maximum absolute atomic E-state index is 12.6. The molecule has 1 fully saturated rings. The molecule has 1 aliphatic rings. The summed E-state index contributed by atoms with van der Waals surface area (Å²) in [5, 5.41) is 0. The highest BCUT2D eigenvalue weighted by Gasteiger charge is 2.35. The fourth-order valence-corrected chi connectivity index (χ4v) is 2.64. The summed E-state index contributed by atoms with van der Waals surface area (Å²) in [6.07, 6.45) is 2.39. The number of carbonyl (C=O) groups is 1. The maximum atomic E-state index is 12.6. The van der Waals surface area contributed by atoms with Crippen molar-refractivity contribution in [2.45, 2.75) is 46.1 Å². The Balaban J connectivity index is 2.66. The Hall–Kier alpha value is -0.680. The molecule has 1 amide bonds. The number of nitrogens with zero attached hydrogens (tertiary/aromatic N) is 1. The molecule has 0 aromatic heterocycles. The molecule has 0 aromatic rings. The van der Waals surface area contributed by atoms with E-state index in [1.165, 1.54) is 0 Å². The second-order valence-corrected chi connectivity index (χ2v) is 6.13. The number of amides is 1. The molecular formula is C14H26N2O2S. The normalized spacial score (nSPS) is 22.7. The summed E-state index contributed by atoms with van der Waals surface area (Å²) >= 11 is 4.91. The van der Waals surface area contributed by atoms with Crippen LogP contribution >= 0.6 is 12.2 Å². The maximum Gasteiger partial charge on any atom is 0.228 e. The Morgan fingerprint density at radius 2 is 2.21 bits per heavy atom. The molecule has 0 spiro atoms. The molecule has 2 N–H and O–H groups in total. The molecule has 4 nitrogen and oxygen atoms in total. The lowest BCUT2D eigenvalue weighted by Gasteiger charge is -2.28. The predicted octanol–water partition coefficient (Wildman–Crippen LogP) is 1.96. The van der Waals surface area contributed by atoms with Crippen LogP contribution in [0.1, 0.15) is 40.0 Å². The number of thiocarbonyl (C=S) groups is 1. The van der Waals surface area contributed by atoms with Crippen LogP contribution in [0.2, 0.25) is 0 Å². The summed E-state index contributed by atoms with van der Waals surface area (Å²) < 4.78 is 5.62. The molecule has 0 bridgehead atoms. The van der Waals surface area contributed by atoms with Crippen molar-refractivity contribution in [3.05, 3.63) is 0 Å². The van der Waals surface area contributed by atoms with E-state index in [0.29, 0.717) is 30.5 Å². The highest BCUT2D eigenvalue weighted by Crippen LogP contribution is 2.25. The number of rotatable bonds is 7. The Labute approximate surface area is 121 Å². The summed E-state index contributed by atoms with van der Waals surface area (Å²) in [7, 11) is 0. The first-order valence-corrected chi connectivity index (χ1v) is 7.55. The first-order valence-electron chi connectivity index (χ1n) is 7.14. The molecule has 2 unspecified atom stereocenters. The summed E-state index contributed by atoms with van der Waals surface area (Å²) in [5.74, 6) is 0.655. The Bertz CT molecular complexity index is 321. The molecule has 0 aliphatic carbocycles. The van der Waals surface area contributed by atoms with Crippen molar-refractivity contribution in [2.75, 3.05) is 19.7 Å². The standard InChI is InChI=1S/C14H26N2O2S/c1-4-12-11(6-8-18-12)14(17)16(9-10(2)3)7-5-13(15)19/h10-12H,4-9H2,1-3H3,(H2,15,19). The van der Waals surface area contributed by atoms with Gasteiger partial charge in [0.25, 0.3) is 0 Å². The molecule has 2 atom stereocenters. The first-order chi connectivity index (χ1) is 8.95. The lowest BCUT2D eigenvalue weighted by atomic mass is 9.97. The van der Waals surface area contributed by atoms with E-state index in [0.717, 1.165) is 19.4 Å². The molecule has 110 valence electrons. The number of hydrogen-bond acceptors (Lipinski definition) is 3. The van der Waals surface area contributed by atoms with E-state index in [4.69, 9.17) is 22.7 Å². The number of ether oxygens (including phenoxy) is 1. The van der Waals surface area contributed by atoms with Crippen molar-refractivity contribution in [3.8, 4) is 0 Å². The van der Waals surface area contributed by atoms with Gasteiger partial charge in [0.15, 0.2) is 0 Å². The predicted molar refractivity (Wildman–Crippen MR) is 81.0 cm³/mol. The van der Waals surface area contributed by atoms with Gasteiger partial charge in [-0.3, -0.25) is 4.79 Å². The third kappa shape index (κ3) is 5.07. The lowest BCUT2D eigenvalue weighted by molar-refractivity contribution is -0.137. The van der Waals surface area contributed by atoms with Crippen LogP contribution in [0.4, 0.5) is 0 Å². The van der Waals surface area contributed by atoms with Gasteiger partial charge in [0.1, 0.15) is 0 Å². The van der Waals surface area contributed by atoms with Gasteiger partial charge in [-0.25, -0.2) is 0 Å². The molecule has 5 heteroatoms. The van der Waals surface area contributed by atoms with Gasteiger partial charge in [-0.05, 0) is 18.8 Å². The summed E-state index contributed by atoms with van der Waals surface area (Å²) in [4.78, 5) is 15.0. The van der Waals surface area contributed by atoms with E-state index in [1.807, 2.05) is 4.90 Å². The highest BCUT2D eigenvalue weighted by molar-refractivity contribution is 7.80. The summed E-state index contributed by atoms with van der Waals surface area (Å²) in [5.41, 5.74) is 5.55. The first kappa shape index (κ1) is 16.4. The molecule has 1 aliphatic heterocycles. The Kier molecular flexibility index (Phi) is 6.72. The fourth-order valence-electron chi connectivity index (χ4n) is 2.55. The molecule has 1 heterocycles. The third-order valence-corrected chi connectivity index (χ3v) is 3.66. The van der Waals surface area contributed by atoms with Crippen molar-refractivity contribution < 1.29 is 9.53 Å². The molecular weight excluding hydrogens is 260 g/mol. The largest absolute Gasteiger partial charge is 0.393 e. The molecule has 1 saturated heterocycles. The molecule has 0 radical (unpaired) electrons. The van der Waals surface area contributed by atoms with Gasteiger partial charge < -0.3 is 15.4 Å². The average Bonchev–Trinajstić information content (AvgIpc) is 2.81. The third-order valence-electron chi connectivity index (χ3n) is 3.45. The summed E-state index contributed by atoms with van der Waals surface area (Å²) in [6, 6.07) is 0. The second-order valence-electron chi connectivity index (χ2n) is 5.61. The zero-order valence-corrected chi connectivity index (χ0v) is 13.0. The average molecular weight is 286 g/mol. The van der Waals surface area contributed by atoms with Gasteiger partial charge in [0, 0.05) is 26.1 Å². The van der Waals surface area contributed by atoms with Crippen LogP contribution in [0, 0.1) is 11.8 Å². The van der Waals surface area contributed by atoms with Crippen molar-refractivity contribution in [2.24, 2.45) is 17.6 Å². The topological polar surface area (TPSA) is 55.6 Å². The quantitative estimate of drug-likeness (QED) is 0.727. The minimum absolute atomic E-state index is 0.00935. The molecule has 1 rings (SSSR count). The number of nitrogens with two attached hydrogens (primary N) is 1. The van der Waals surface area contributed by atoms with Crippen molar-refractivity contribution in [1.82, 2.24) is 4.90 Å². The van der Waals surface area contributed by atoms with Crippen LogP contribution in [0.3, 0.4) is 0 Å². The van der Waals surface area contributed by atoms with E-state index in [9.17, 15) is 4.79 Å². The minimum Gasteiger partial charge on any atom is -0.393 e. The van der Waals surface area contributed by atoms with Crippen molar-refractivity contribution in [1.29, 1.82) is 0 Å². The summed E-state index contributed by atoms with van der Waals surface area (Å²) in [6.45, 7) is 8.37. The van der Waals surface area contributed by atoms with Crippen molar-refractivity contribution in [3.63, 3.8) is 0 Å². The smallest absolute Gasteiger partial charge is 0.228 e. The zero-order valence-electron chi connectivity index (χ0n) is 12.2. The number of carbonyl (C=O) groups excluding carboxylic acids is 1. The minimum atomic E-state index is 0.00935. The van der Waals surface area contributed by atoms with Crippen LogP contribution in [-0.4, -0.2) is 41.6 Å². The highest BCUT2D eigenvalue weighted by atomic mass is 32.1. The SMILES string of the molecule is CCC1OCCC1C(=O)N(CCC(N)=S)CC(C)C. The van der Waals surface area contributed by atoms with Gasteiger partial charge in [-0.2, -0.15) is 0 Å². The molecule has 19 heavy (non-hydrogen) atoms. The van der Waals surface area contributed by atoms with Gasteiger partial charge >= 0.3 is 0 Å². The van der Waals surface area contributed by atoms with Crippen LogP contribution < -0.4 is 5.73 Å². The van der Waals surface area contributed by atoms with E-state index < -0.39 is 0 Å². The second kappa shape index (κ2) is 7.80. The van der Waals surface area contributed by atoms with Crippen LogP contribution in [0.5, 0.6) is 0 Å². The number of hydrogen-bond donors (Lipinski definition) is 1. The van der Waals surface area contributed by atoms with E-state index in [2.05, 4.69) is 20.8 Å². The van der Waals surface area contributed by atoms with Crippen LogP contribution in [0.15, 0.2) is 0 Å². The Morgan fingerprint density at radius 1 is 1.53 bits per heavy atom. The lowest BCUT2D eigenvalue weighted by Crippen LogP contribution is -2.42. The van der Waals surface area contributed by atoms with Crippen LogP contribution in [0.25, 0.3) is 0 Å². The fraction of sp³-hybridized carbons (Fsp3) is 0.857.